The van der Waals surface area contributed by atoms with Crippen LogP contribution in [0.2, 0.25) is 0 Å². The number of carbonyl (C=O) groups excluding carboxylic acids is 1. The van der Waals surface area contributed by atoms with E-state index in [1.807, 2.05) is 42.5 Å². The predicted octanol–water partition coefficient (Wildman–Crippen LogP) is 9.27. The number of allylic oxidation sites excluding steroid dienone is 1. The summed E-state index contributed by atoms with van der Waals surface area (Å²) in [5.41, 5.74) is 0.875. The molecule has 5 N–H and O–H groups in total. The molecule has 1 saturated heterocycles. The molecule has 1 aromatic carbocycles. The zero-order valence-corrected chi connectivity index (χ0v) is 40.4. The predicted molar refractivity (Wildman–Crippen MR) is 248 cm³/mol. The second-order valence-corrected chi connectivity index (χ2v) is 19.4. The summed E-state index contributed by atoms with van der Waals surface area (Å²) in [5.74, 6) is -0.270. The number of aliphatic hydroxyl groups is 2. The number of nitrogens with one attached hydrogen (secondary N) is 1. The van der Waals surface area contributed by atoms with Crippen LogP contribution in [-0.4, -0.2) is 98.1 Å². The summed E-state index contributed by atoms with van der Waals surface area (Å²) < 4.78 is 91.9. The molecule has 0 unspecified atom stereocenters. The Balaban J connectivity index is 2.16. The fourth-order valence-corrected chi connectivity index (χ4v) is 8.59. The number of hydrogen-bond acceptors (Lipinski definition) is 12. The van der Waals surface area contributed by atoms with Crippen molar-refractivity contribution >= 4 is 26.7 Å². The SMILES string of the molecule is CCCCCCCCCCCCC/C=C/[C@@H](OCc1ccccc1)[C@H](CO[C@@H]1O[C@@H](COS(=O)(=O)O)[C@@H](O)[C@H](O)[C@@H]1OS(=O)(=O)O)NC(=O)CCCCCCCCCCCCCCC. The van der Waals surface area contributed by atoms with Crippen molar-refractivity contribution in [3.63, 3.8) is 0 Å². The minimum atomic E-state index is -5.24. The highest BCUT2D eigenvalue weighted by Gasteiger charge is 2.48. The molecule has 1 heterocycles. The summed E-state index contributed by atoms with van der Waals surface area (Å²) >= 11 is 0. The molecule has 372 valence electrons. The van der Waals surface area contributed by atoms with Crippen molar-refractivity contribution in [3.05, 3.63) is 48.0 Å². The first-order valence-electron chi connectivity index (χ1n) is 24.3. The van der Waals surface area contributed by atoms with Gasteiger partial charge in [0.25, 0.3) is 0 Å². The highest BCUT2D eigenvalue weighted by atomic mass is 32.3. The molecule has 0 saturated carbocycles. The molecule has 64 heavy (non-hydrogen) atoms. The lowest BCUT2D eigenvalue weighted by Gasteiger charge is -2.41. The third-order valence-corrected chi connectivity index (χ3v) is 12.4. The number of amides is 1. The van der Waals surface area contributed by atoms with Crippen LogP contribution in [0.15, 0.2) is 42.5 Å². The standard InChI is InChI=1S/C47H83NO14S2/c1-3-5-7-9-11-13-15-17-19-21-23-25-30-34-41(58-36-39-32-28-27-29-33-39)40(48-43(49)35-31-26-24-22-20-18-16-14-12-10-8-6-4-2)37-59-47-46(62-64(55,56)57)45(51)44(50)42(61-47)38-60-63(52,53)54/h27-30,32-34,40-42,44-47,50-51H,3-26,31,35-38H2,1-2H3,(H,48,49)(H,52,53,54)(H,55,56,57)/b34-30+/t40-,41+,42-,44+,45-,46-,47+/m0/s1. The second-order valence-electron chi connectivity index (χ2n) is 17.2. The Labute approximate surface area is 385 Å². The summed E-state index contributed by atoms with van der Waals surface area (Å²) in [7, 11) is -10.2. The van der Waals surface area contributed by atoms with Gasteiger partial charge >= 0.3 is 20.8 Å². The lowest BCUT2D eigenvalue weighted by molar-refractivity contribution is -0.296. The number of hydrogen-bond donors (Lipinski definition) is 5. The van der Waals surface area contributed by atoms with Crippen molar-refractivity contribution in [2.45, 2.75) is 230 Å². The number of unbranched alkanes of at least 4 members (excludes halogenated alkanes) is 23. The maximum atomic E-state index is 13.6. The molecule has 1 amide bonds. The number of rotatable bonds is 40. The van der Waals surface area contributed by atoms with E-state index in [-0.39, 0.29) is 18.9 Å². The third-order valence-electron chi connectivity index (χ3n) is 11.5. The maximum Gasteiger partial charge on any atom is 0.397 e. The lowest BCUT2D eigenvalue weighted by atomic mass is 9.99. The normalized spacial score (nSPS) is 20.4. The Bertz CT molecular complexity index is 1560. The summed E-state index contributed by atoms with van der Waals surface area (Å²) in [4.78, 5) is 13.6. The van der Waals surface area contributed by atoms with E-state index < -0.39 is 76.9 Å². The second kappa shape index (κ2) is 35.2. The van der Waals surface area contributed by atoms with Gasteiger partial charge in [-0.25, -0.2) is 8.37 Å². The molecule has 0 spiro atoms. The summed E-state index contributed by atoms with van der Waals surface area (Å²) in [6, 6.07) is 8.55. The fourth-order valence-electron chi connectivity index (χ4n) is 7.80. The van der Waals surface area contributed by atoms with Crippen LogP contribution in [0.4, 0.5) is 0 Å². The van der Waals surface area contributed by atoms with Crippen LogP contribution >= 0.6 is 0 Å². The molecule has 0 radical (unpaired) electrons. The third kappa shape index (κ3) is 28.9. The Morgan fingerprint density at radius 2 is 1.20 bits per heavy atom. The molecule has 1 fully saturated rings. The molecular formula is C47H83NO14S2. The van der Waals surface area contributed by atoms with Gasteiger partial charge in [-0.2, -0.15) is 16.8 Å². The quantitative estimate of drug-likeness (QED) is 0.0235. The van der Waals surface area contributed by atoms with Gasteiger partial charge in [-0.1, -0.05) is 198 Å². The van der Waals surface area contributed by atoms with Crippen molar-refractivity contribution < 1.29 is 63.5 Å². The van der Waals surface area contributed by atoms with Crippen LogP contribution in [0.25, 0.3) is 0 Å². The van der Waals surface area contributed by atoms with Gasteiger partial charge in [0.1, 0.15) is 18.3 Å². The smallest absolute Gasteiger partial charge is 0.387 e. The monoisotopic (exact) mass is 950 g/mol. The molecule has 1 aliphatic heterocycles. The highest BCUT2D eigenvalue weighted by molar-refractivity contribution is 7.81. The number of ether oxygens (including phenoxy) is 3. The van der Waals surface area contributed by atoms with Crippen LogP contribution in [0.5, 0.6) is 0 Å². The molecule has 15 nitrogen and oxygen atoms in total. The van der Waals surface area contributed by atoms with E-state index in [2.05, 4.69) is 27.5 Å². The molecule has 1 aromatic rings. The van der Waals surface area contributed by atoms with Crippen LogP contribution in [-0.2, 0) is 54.8 Å². The average Bonchev–Trinajstić information content (AvgIpc) is 3.25. The first-order valence-corrected chi connectivity index (χ1v) is 27.0. The van der Waals surface area contributed by atoms with Gasteiger partial charge in [-0.05, 0) is 24.8 Å². The fraction of sp³-hybridized carbons (Fsp3) is 0.809. The lowest BCUT2D eigenvalue weighted by Crippen LogP contribution is -2.61. The molecule has 2 rings (SSSR count). The molecule has 0 bridgehead atoms. The van der Waals surface area contributed by atoms with Crippen molar-refractivity contribution in [3.8, 4) is 0 Å². The highest BCUT2D eigenvalue weighted by Crippen LogP contribution is 2.27. The molecular weight excluding hydrogens is 867 g/mol. The topological polar surface area (TPSA) is 224 Å². The number of benzene rings is 1. The molecule has 0 aromatic heterocycles. The van der Waals surface area contributed by atoms with Crippen LogP contribution in [0.3, 0.4) is 0 Å². The van der Waals surface area contributed by atoms with Crippen molar-refractivity contribution in [1.82, 2.24) is 5.32 Å². The zero-order valence-electron chi connectivity index (χ0n) is 38.8. The van der Waals surface area contributed by atoms with Gasteiger partial charge in [-0.3, -0.25) is 13.9 Å². The van der Waals surface area contributed by atoms with Crippen LogP contribution in [0, 0.1) is 0 Å². The maximum absolute atomic E-state index is 13.6. The van der Waals surface area contributed by atoms with Crippen molar-refractivity contribution in [2.75, 3.05) is 13.2 Å². The van der Waals surface area contributed by atoms with E-state index in [1.54, 1.807) is 0 Å². The van der Waals surface area contributed by atoms with Gasteiger partial charge in [-0.15, -0.1) is 0 Å². The molecule has 7 atom stereocenters. The van der Waals surface area contributed by atoms with E-state index in [1.165, 1.54) is 109 Å². The first-order chi connectivity index (χ1) is 30.7. The van der Waals surface area contributed by atoms with Crippen LogP contribution in [0.1, 0.15) is 186 Å². The van der Waals surface area contributed by atoms with Gasteiger partial charge in [0, 0.05) is 6.42 Å². The van der Waals surface area contributed by atoms with E-state index in [0.717, 1.165) is 50.5 Å². The van der Waals surface area contributed by atoms with Crippen molar-refractivity contribution in [1.29, 1.82) is 0 Å². The van der Waals surface area contributed by atoms with E-state index in [9.17, 15) is 36.4 Å². The minimum Gasteiger partial charge on any atom is -0.387 e. The Morgan fingerprint density at radius 3 is 1.70 bits per heavy atom. The first kappa shape index (κ1) is 58.1. The minimum absolute atomic E-state index is 0.174. The molecule has 0 aliphatic carbocycles. The van der Waals surface area contributed by atoms with Crippen molar-refractivity contribution in [2.24, 2.45) is 0 Å². The Hall–Kier alpha value is -2.03. The van der Waals surface area contributed by atoms with Gasteiger partial charge in [0.05, 0.1) is 32.0 Å². The van der Waals surface area contributed by atoms with E-state index in [0.29, 0.717) is 6.42 Å². The van der Waals surface area contributed by atoms with Gasteiger partial charge in [0.15, 0.2) is 12.4 Å². The zero-order chi connectivity index (χ0) is 46.9. The average molecular weight is 950 g/mol. The van der Waals surface area contributed by atoms with Gasteiger partial charge in [0.2, 0.25) is 5.91 Å². The summed E-state index contributed by atoms with van der Waals surface area (Å²) in [6.45, 7) is 3.24. The largest absolute Gasteiger partial charge is 0.397 e. The number of carbonyl (C=O) groups is 1. The molecule has 17 heteroatoms. The van der Waals surface area contributed by atoms with E-state index >= 15 is 0 Å². The summed E-state index contributed by atoms with van der Waals surface area (Å²) in [5, 5.41) is 24.5. The van der Waals surface area contributed by atoms with Gasteiger partial charge < -0.3 is 29.7 Å². The van der Waals surface area contributed by atoms with Crippen LogP contribution < -0.4 is 5.32 Å². The Morgan fingerprint density at radius 1 is 0.703 bits per heavy atom. The summed E-state index contributed by atoms with van der Waals surface area (Å²) in [6.07, 6.45) is 22.9. The molecule has 1 aliphatic rings. The van der Waals surface area contributed by atoms with E-state index in [4.69, 9.17) is 18.8 Å². The Kier molecular flexibility index (Phi) is 31.9. The number of aliphatic hydroxyl groups excluding tert-OH is 2.